The summed E-state index contributed by atoms with van der Waals surface area (Å²) in [7, 11) is 0. The van der Waals surface area contributed by atoms with Gasteiger partial charge in [-0.05, 0) is 18.2 Å². The van der Waals surface area contributed by atoms with Gasteiger partial charge in [0.1, 0.15) is 6.61 Å². The Labute approximate surface area is 110 Å². The van der Waals surface area contributed by atoms with Crippen molar-refractivity contribution in [2.75, 3.05) is 11.9 Å². The monoisotopic (exact) mass is 253 g/mol. The van der Waals surface area contributed by atoms with Gasteiger partial charge in [0.15, 0.2) is 0 Å². The number of amides is 1. The van der Waals surface area contributed by atoms with Gasteiger partial charge in [0.05, 0.1) is 5.56 Å². The molecule has 0 radical (unpaired) electrons. The van der Waals surface area contributed by atoms with Crippen LogP contribution in [0.3, 0.4) is 0 Å². The van der Waals surface area contributed by atoms with Crippen molar-refractivity contribution in [2.45, 2.75) is 0 Å². The number of aliphatic hydroxyl groups is 1. The number of carbonyl (C=O) groups excluding carboxylic acids is 1. The minimum absolute atomic E-state index is 0.229. The summed E-state index contributed by atoms with van der Waals surface area (Å²) in [5.41, 5.74) is 1.64. The largest absolute Gasteiger partial charge is 0.384 e. The van der Waals surface area contributed by atoms with Crippen LogP contribution in [0.5, 0.6) is 0 Å². The van der Waals surface area contributed by atoms with Crippen LogP contribution in [0.15, 0.2) is 43.0 Å². The predicted octanol–water partition coefficient (Wildman–Crippen LogP) is 1.07. The SMILES string of the molecule is O=C(Nc1ccncc1)c1cncc(C#CCO)c1. The zero-order valence-electron chi connectivity index (χ0n) is 10.00. The molecule has 0 saturated heterocycles. The summed E-state index contributed by atoms with van der Waals surface area (Å²) in [6.07, 6.45) is 6.18. The number of pyridine rings is 2. The molecule has 19 heavy (non-hydrogen) atoms. The molecule has 94 valence electrons. The molecule has 2 N–H and O–H groups in total. The zero-order chi connectivity index (χ0) is 13.5. The van der Waals surface area contributed by atoms with Gasteiger partial charge in [0, 0.05) is 36.0 Å². The third-order valence-corrected chi connectivity index (χ3v) is 2.25. The third kappa shape index (κ3) is 3.63. The first kappa shape index (κ1) is 12.7. The van der Waals surface area contributed by atoms with E-state index in [1.165, 1.54) is 12.4 Å². The van der Waals surface area contributed by atoms with E-state index in [4.69, 9.17) is 5.11 Å². The quantitative estimate of drug-likeness (QED) is 0.785. The Morgan fingerprint density at radius 2 is 2.05 bits per heavy atom. The van der Waals surface area contributed by atoms with Gasteiger partial charge < -0.3 is 10.4 Å². The van der Waals surface area contributed by atoms with E-state index >= 15 is 0 Å². The molecule has 2 aromatic heterocycles. The van der Waals surface area contributed by atoms with Crippen molar-refractivity contribution in [3.05, 3.63) is 54.1 Å². The number of aliphatic hydroxyl groups excluding tert-OH is 1. The van der Waals surface area contributed by atoms with Crippen LogP contribution in [-0.2, 0) is 0 Å². The van der Waals surface area contributed by atoms with Gasteiger partial charge in [-0.25, -0.2) is 0 Å². The van der Waals surface area contributed by atoms with Crippen LogP contribution in [0, 0.1) is 11.8 Å². The number of aromatic nitrogens is 2. The smallest absolute Gasteiger partial charge is 0.257 e. The Hall–Kier alpha value is -2.71. The fourth-order valence-electron chi connectivity index (χ4n) is 1.41. The van der Waals surface area contributed by atoms with E-state index in [-0.39, 0.29) is 12.5 Å². The number of nitrogens with zero attached hydrogens (tertiary/aromatic N) is 2. The van der Waals surface area contributed by atoms with E-state index in [2.05, 4.69) is 27.1 Å². The molecule has 0 bridgehead atoms. The van der Waals surface area contributed by atoms with Gasteiger partial charge in [-0.15, -0.1) is 0 Å². The van der Waals surface area contributed by atoms with Crippen LogP contribution in [0.4, 0.5) is 5.69 Å². The number of rotatable bonds is 2. The topological polar surface area (TPSA) is 75.1 Å². The minimum Gasteiger partial charge on any atom is -0.384 e. The first-order valence-corrected chi connectivity index (χ1v) is 5.56. The molecule has 0 unspecified atom stereocenters. The molecule has 0 aliphatic carbocycles. The molecule has 2 aromatic rings. The highest BCUT2D eigenvalue weighted by Crippen LogP contribution is 2.08. The molecule has 5 nitrogen and oxygen atoms in total. The number of carbonyl (C=O) groups is 1. The highest BCUT2D eigenvalue weighted by molar-refractivity contribution is 6.04. The molecule has 2 heterocycles. The number of anilines is 1. The molecule has 0 aliphatic heterocycles. The second-order valence-corrected chi connectivity index (χ2v) is 3.61. The van der Waals surface area contributed by atoms with Gasteiger partial charge in [0.2, 0.25) is 0 Å². The lowest BCUT2D eigenvalue weighted by atomic mass is 10.2. The lowest BCUT2D eigenvalue weighted by Crippen LogP contribution is -2.12. The van der Waals surface area contributed by atoms with E-state index in [0.29, 0.717) is 16.8 Å². The molecular formula is C14H11N3O2. The molecule has 0 saturated carbocycles. The lowest BCUT2D eigenvalue weighted by molar-refractivity contribution is 0.102. The zero-order valence-corrected chi connectivity index (χ0v) is 10.00. The highest BCUT2D eigenvalue weighted by atomic mass is 16.2. The summed E-state index contributed by atoms with van der Waals surface area (Å²) in [6, 6.07) is 5.01. The molecule has 2 rings (SSSR count). The molecule has 5 heteroatoms. The van der Waals surface area contributed by atoms with E-state index in [0.717, 1.165) is 0 Å². The van der Waals surface area contributed by atoms with E-state index in [1.54, 1.807) is 30.6 Å². The van der Waals surface area contributed by atoms with Crippen LogP contribution in [0.25, 0.3) is 0 Å². The van der Waals surface area contributed by atoms with Crippen molar-refractivity contribution in [1.29, 1.82) is 0 Å². The first-order valence-electron chi connectivity index (χ1n) is 5.56. The Kier molecular flexibility index (Phi) is 4.21. The predicted molar refractivity (Wildman–Crippen MR) is 70.4 cm³/mol. The van der Waals surface area contributed by atoms with Crippen molar-refractivity contribution in [3.8, 4) is 11.8 Å². The van der Waals surface area contributed by atoms with E-state index in [9.17, 15) is 4.79 Å². The Bertz CT molecular complexity index is 630. The second-order valence-electron chi connectivity index (χ2n) is 3.61. The standard InChI is InChI=1S/C14H11N3O2/c18-7-1-2-11-8-12(10-16-9-11)14(19)17-13-3-5-15-6-4-13/h3-6,8-10,18H,7H2,(H,15,17,19). The third-order valence-electron chi connectivity index (χ3n) is 2.25. The Morgan fingerprint density at radius 1 is 1.26 bits per heavy atom. The molecule has 1 amide bonds. The van der Waals surface area contributed by atoms with Crippen LogP contribution in [0.2, 0.25) is 0 Å². The normalized spacial score (nSPS) is 9.32. The second kappa shape index (κ2) is 6.28. The van der Waals surface area contributed by atoms with E-state index < -0.39 is 0 Å². The Balaban J connectivity index is 2.15. The fraction of sp³-hybridized carbons (Fsp3) is 0.0714. The fourth-order valence-corrected chi connectivity index (χ4v) is 1.41. The molecule has 0 spiro atoms. The number of hydrogen-bond acceptors (Lipinski definition) is 4. The van der Waals surface area contributed by atoms with Crippen molar-refractivity contribution in [3.63, 3.8) is 0 Å². The summed E-state index contributed by atoms with van der Waals surface area (Å²) in [4.78, 5) is 19.8. The van der Waals surface area contributed by atoms with Gasteiger partial charge in [0.25, 0.3) is 5.91 Å². The summed E-state index contributed by atoms with van der Waals surface area (Å²) < 4.78 is 0. The summed E-state index contributed by atoms with van der Waals surface area (Å²) in [6.45, 7) is -0.229. The summed E-state index contributed by atoms with van der Waals surface area (Å²) in [5, 5.41) is 11.3. The van der Waals surface area contributed by atoms with Gasteiger partial charge in [-0.3, -0.25) is 14.8 Å². The maximum absolute atomic E-state index is 12.0. The minimum atomic E-state index is -0.272. The van der Waals surface area contributed by atoms with Crippen molar-refractivity contribution >= 4 is 11.6 Å². The van der Waals surface area contributed by atoms with Crippen LogP contribution in [0.1, 0.15) is 15.9 Å². The van der Waals surface area contributed by atoms with Crippen LogP contribution in [-0.4, -0.2) is 27.6 Å². The lowest BCUT2D eigenvalue weighted by Gasteiger charge is -2.04. The average Bonchev–Trinajstić information content (AvgIpc) is 2.46. The average molecular weight is 253 g/mol. The molecule has 0 aromatic carbocycles. The van der Waals surface area contributed by atoms with Gasteiger partial charge in [-0.2, -0.15) is 0 Å². The van der Waals surface area contributed by atoms with Crippen LogP contribution >= 0.6 is 0 Å². The highest BCUT2D eigenvalue weighted by Gasteiger charge is 2.06. The summed E-state index contributed by atoms with van der Waals surface area (Å²) >= 11 is 0. The number of nitrogens with one attached hydrogen (secondary N) is 1. The first-order chi connectivity index (χ1) is 9.29. The van der Waals surface area contributed by atoms with Gasteiger partial charge in [-0.1, -0.05) is 11.8 Å². The van der Waals surface area contributed by atoms with E-state index in [1.807, 2.05) is 0 Å². The van der Waals surface area contributed by atoms with Crippen LogP contribution < -0.4 is 5.32 Å². The number of hydrogen-bond donors (Lipinski definition) is 2. The summed E-state index contributed by atoms with van der Waals surface area (Å²) in [5.74, 6) is 4.94. The molecule has 0 aliphatic rings. The molecule has 0 atom stereocenters. The maximum atomic E-state index is 12.0. The van der Waals surface area contributed by atoms with Gasteiger partial charge >= 0.3 is 0 Å². The molecular weight excluding hydrogens is 242 g/mol. The van der Waals surface area contributed by atoms with Crippen molar-refractivity contribution in [2.24, 2.45) is 0 Å². The Morgan fingerprint density at radius 3 is 2.79 bits per heavy atom. The molecule has 0 fully saturated rings. The van der Waals surface area contributed by atoms with Crippen molar-refractivity contribution < 1.29 is 9.90 Å². The van der Waals surface area contributed by atoms with Crippen molar-refractivity contribution in [1.82, 2.24) is 9.97 Å². The maximum Gasteiger partial charge on any atom is 0.257 e.